The fraction of sp³-hybridized carbons (Fsp3) is 0.556. The zero-order valence-corrected chi connectivity index (χ0v) is 10.2. The largest absolute Gasteiger partial charge is 0.390 e. The Bertz CT molecular complexity index is 466. The lowest BCUT2D eigenvalue weighted by Gasteiger charge is -2.19. The van der Waals surface area contributed by atoms with Gasteiger partial charge in [0.1, 0.15) is 6.33 Å². The molecule has 19 heavy (non-hydrogen) atoms. The first-order valence-corrected chi connectivity index (χ1v) is 5.21. The summed E-state index contributed by atoms with van der Waals surface area (Å²) in [5.74, 6) is -0.206. The maximum Gasteiger partial charge on any atom is 0.390 e. The third-order valence-corrected chi connectivity index (χ3v) is 2.31. The molecule has 1 heterocycles. The monoisotopic (exact) mass is 279 g/mol. The molecule has 0 unspecified atom stereocenters. The molecule has 0 aliphatic carbocycles. The Hall–Kier alpha value is -2.13. The summed E-state index contributed by atoms with van der Waals surface area (Å²) in [6.45, 7) is -0.426. The summed E-state index contributed by atoms with van der Waals surface area (Å²) >= 11 is 0. The lowest BCUT2D eigenvalue weighted by Crippen LogP contribution is -2.25. The van der Waals surface area contributed by atoms with Crippen LogP contribution in [0.25, 0.3) is 0 Å². The van der Waals surface area contributed by atoms with Crippen molar-refractivity contribution >= 4 is 17.3 Å². The number of nitrogens with zero attached hydrogens (tertiary/aromatic N) is 4. The van der Waals surface area contributed by atoms with Gasteiger partial charge in [0.25, 0.3) is 0 Å². The maximum atomic E-state index is 12.1. The molecule has 0 aliphatic heterocycles. The highest BCUT2D eigenvalue weighted by atomic mass is 19.4. The van der Waals surface area contributed by atoms with E-state index in [0.29, 0.717) is 0 Å². The van der Waals surface area contributed by atoms with Gasteiger partial charge in [-0.25, -0.2) is 9.97 Å². The smallest absolute Gasteiger partial charge is 0.367 e. The van der Waals surface area contributed by atoms with Crippen molar-refractivity contribution < 1.29 is 18.1 Å². The number of aromatic nitrogens is 2. The number of nitrogens with one attached hydrogen (secondary N) is 1. The lowest BCUT2D eigenvalue weighted by molar-refractivity contribution is -0.383. The Balaban J connectivity index is 3.02. The third kappa shape index (κ3) is 3.93. The molecular formula is C9H12F3N5O2. The van der Waals surface area contributed by atoms with Gasteiger partial charge in [-0.3, -0.25) is 10.1 Å². The van der Waals surface area contributed by atoms with E-state index >= 15 is 0 Å². The second-order valence-corrected chi connectivity index (χ2v) is 3.69. The van der Waals surface area contributed by atoms with Gasteiger partial charge in [0.05, 0.1) is 11.3 Å². The third-order valence-electron chi connectivity index (χ3n) is 2.31. The molecule has 10 heteroatoms. The van der Waals surface area contributed by atoms with Crippen LogP contribution in [0.5, 0.6) is 0 Å². The van der Waals surface area contributed by atoms with Crippen LogP contribution < -0.4 is 10.2 Å². The standard InChI is InChI=1S/C9H12F3N5O2/c1-13-7-6(17(18)19)8(15-5-14-7)16(2)4-3-9(10,11)12/h5H,3-4H2,1-2H3,(H,13,14,15). The molecule has 1 rings (SSSR count). The van der Waals surface area contributed by atoms with E-state index in [1.165, 1.54) is 14.1 Å². The van der Waals surface area contributed by atoms with Gasteiger partial charge in [-0.1, -0.05) is 0 Å². The Morgan fingerprint density at radius 2 is 2.11 bits per heavy atom. The average Bonchev–Trinajstić information content (AvgIpc) is 2.33. The van der Waals surface area contributed by atoms with E-state index in [-0.39, 0.29) is 11.6 Å². The highest BCUT2D eigenvalue weighted by Gasteiger charge is 2.30. The van der Waals surface area contributed by atoms with E-state index in [1.807, 2.05) is 0 Å². The molecule has 0 fully saturated rings. The fourth-order valence-electron chi connectivity index (χ4n) is 1.40. The summed E-state index contributed by atoms with van der Waals surface area (Å²) in [7, 11) is 2.73. The molecule has 0 aromatic carbocycles. The second kappa shape index (κ2) is 5.67. The van der Waals surface area contributed by atoms with Crippen molar-refractivity contribution in [3.8, 4) is 0 Å². The number of rotatable bonds is 5. The molecule has 0 atom stereocenters. The van der Waals surface area contributed by atoms with E-state index in [2.05, 4.69) is 15.3 Å². The van der Waals surface area contributed by atoms with E-state index in [9.17, 15) is 23.3 Å². The summed E-state index contributed by atoms with van der Waals surface area (Å²) < 4.78 is 36.4. The number of nitro groups is 1. The molecule has 0 aliphatic rings. The first-order valence-electron chi connectivity index (χ1n) is 5.21. The molecule has 1 aromatic rings. The van der Waals surface area contributed by atoms with Crippen molar-refractivity contribution in [2.75, 3.05) is 30.9 Å². The number of halogens is 3. The minimum atomic E-state index is -4.33. The van der Waals surface area contributed by atoms with Gasteiger partial charge < -0.3 is 10.2 Å². The van der Waals surface area contributed by atoms with Crippen molar-refractivity contribution in [1.82, 2.24) is 9.97 Å². The Kier molecular flexibility index (Phi) is 4.46. The van der Waals surface area contributed by atoms with E-state index < -0.39 is 29.8 Å². The molecule has 0 saturated heterocycles. The van der Waals surface area contributed by atoms with Crippen molar-refractivity contribution in [2.24, 2.45) is 0 Å². The van der Waals surface area contributed by atoms with Crippen LogP contribution in [0.4, 0.5) is 30.5 Å². The van der Waals surface area contributed by atoms with Gasteiger partial charge in [-0.05, 0) is 0 Å². The van der Waals surface area contributed by atoms with Gasteiger partial charge in [-0.2, -0.15) is 13.2 Å². The van der Waals surface area contributed by atoms with Crippen LogP contribution in [-0.2, 0) is 0 Å². The molecule has 1 N–H and O–H groups in total. The van der Waals surface area contributed by atoms with Gasteiger partial charge in [0.2, 0.25) is 11.6 Å². The van der Waals surface area contributed by atoms with E-state index in [4.69, 9.17) is 0 Å². The van der Waals surface area contributed by atoms with Crippen LogP contribution in [0, 0.1) is 10.1 Å². The molecule has 106 valence electrons. The predicted molar refractivity (Wildman–Crippen MR) is 62.2 cm³/mol. The highest BCUT2D eigenvalue weighted by Crippen LogP contribution is 2.31. The molecule has 0 bridgehead atoms. The number of hydrogen-bond acceptors (Lipinski definition) is 6. The zero-order chi connectivity index (χ0) is 14.6. The summed E-state index contributed by atoms with van der Waals surface area (Å²) in [6.07, 6.45) is -4.36. The molecule has 0 saturated carbocycles. The van der Waals surface area contributed by atoms with E-state index in [0.717, 1.165) is 11.2 Å². The van der Waals surface area contributed by atoms with Crippen molar-refractivity contribution in [1.29, 1.82) is 0 Å². The first-order chi connectivity index (χ1) is 8.76. The number of alkyl halides is 3. The minimum Gasteiger partial charge on any atom is -0.367 e. The average molecular weight is 279 g/mol. The second-order valence-electron chi connectivity index (χ2n) is 3.69. The van der Waals surface area contributed by atoms with Crippen LogP contribution in [0.1, 0.15) is 6.42 Å². The Morgan fingerprint density at radius 3 is 2.58 bits per heavy atom. The van der Waals surface area contributed by atoms with Crippen LogP contribution >= 0.6 is 0 Å². The van der Waals surface area contributed by atoms with Crippen LogP contribution in [0.3, 0.4) is 0 Å². The Morgan fingerprint density at radius 1 is 1.47 bits per heavy atom. The zero-order valence-electron chi connectivity index (χ0n) is 10.2. The summed E-state index contributed by atoms with van der Waals surface area (Å²) in [5.41, 5.74) is -0.449. The summed E-state index contributed by atoms with van der Waals surface area (Å²) in [6, 6.07) is 0. The minimum absolute atomic E-state index is 0.0474. The molecule has 0 radical (unpaired) electrons. The molecule has 0 spiro atoms. The van der Waals surface area contributed by atoms with Crippen molar-refractivity contribution in [3.05, 3.63) is 16.4 Å². The lowest BCUT2D eigenvalue weighted by atomic mass is 10.3. The normalized spacial score (nSPS) is 11.2. The number of hydrogen-bond donors (Lipinski definition) is 1. The highest BCUT2D eigenvalue weighted by molar-refractivity contribution is 5.69. The van der Waals surface area contributed by atoms with Gasteiger partial charge in [-0.15, -0.1) is 0 Å². The fourth-order valence-corrected chi connectivity index (χ4v) is 1.40. The predicted octanol–water partition coefficient (Wildman–Crippen LogP) is 1.82. The molecule has 0 amide bonds. The quantitative estimate of drug-likeness (QED) is 0.653. The Labute approximate surface area is 106 Å². The SMILES string of the molecule is CNc1ncnc(N(C)CCC(F)(F)F)c1[N+](=O)[O-]. The van der Waals surface area contributed by atoms with Crippen LogP contribution in [-0.4, -0.2) is 41.7 Å². The molecule has 1 aromatic heterocycles. The van der Waals surface area contributed by atoms with Gasteiger partial charge >= 0.3 is 11.9 Å². The molecular weight excluding hydrogens is 267 g/mol. The molecule has 7 nitrogen and oxygen atoms in total. The van der Waals surface area contributed by atoms with Crippen molar-refractivity contribution in [2.45, 2.75) is 12.6 Å². The van der Waals surface area contributed by atoms with Gasteiger partial charge in [0.15, 0.2) is 0 Å². The first kappa shape index (κ1) is 14.9. The van der Waals surface area contributed by atoms with E-state index in [1.54, 1.807) is 0 Å². The summed E-state index contributed by atoms with van der Waals surface area (Å²) in [5, 5.41) is 13.4. The number of anilines is 2. The summed E-state index contributed by atoms with van der Waals surface area (Å²) in [4.78, 5) is 18.6. The van der Waals surface area contributed by atoms with Crippen LogP contribution in [0.2, 0.25) is 0 Å². The van der Waals surface area contributed by atoms with Crippen LogP contribution in [0.15, 0.2) is 6.33 Å². The van der Waals surface area contributed by atoms with Crippen molar-refractivity contribution in [3.63, 3.8) is 0 Å². The topological polar surface area (TPSA) is 84.2 Å². The maximum absolute atomic E-state index is 12.1. The van der Waals surface area contributed by atoms with Gasteiger partial charge in [0, 0.05) is 20.6 Å².